The molecule has 0 spiro atoms. The van der Waals surface area contributed by atoms with Gasteiger partial charge in [-0.25, -0.2) is 4.39 Å². The van der Waals surface area contributed by atoms with Crippen LogP contribution in [-0.4, -0.2) is 36.2 Å². The number of halogens is 1. The molecule has 1 saturated carbocycles. The Balaban J connectivity index is 1.71. The topological polar surface area (TPSA) is 61.4 Å². The molecule has 0 unspecified atom stereocenters. The van der Waals surface area contributed by atoms with Crippen molar-refractivity contribution in [3.63, 3.8) is 0 Å². The maximum Gasteiger partial charge on any atom is 0.230 e. The van der Waals surface area contributed by atoms with Crippen LogP contribution in [-0.2, 0) is 10.2 Å². The van der Waals surface area contributed by atoms with Crippen LogP contribution in [0.5, 0.6) is 0 Å². The summed E-state index contributed by atoms with van der Waals surface area (Å²) in [6.45, 7) is 1.31. The number of hydrogen-bond donors (Lipinski definition) is 3. The van der Waals surface area contributed by atoms with E-state index in [1.54, 1.807) is 12.1 Å². The lowest BCUT2D eigenvalue weighted by Crippen LogP contribution is -2.54. The monoisotopic (exact) mass is 278 g/mol. The Morgan fingerprint density at radius 2 is 2.05 bits per heavy atom. The minimum Gasteiger partial charge on any atom is -0.390 e. The van der Waals surface area contributed by atoms with Crippen LogP contribution in [0.25, 0.3) is 0 Å². The third-order valence-electron chi connectivity index (χ3n) is 4.35. The van der Waals surface area contributed by atoms with E-state index in [1.165, 1.54) is 12.1 Å². The molecule has 0 aromatic heterocycles. The molecule has 20 heavy (non-hydrogen) atoms. The van der Waals surface area contributed by atoms with E-state index in [-0.39, 0.29) is 17.8 Å². The molecule has 1 heterocycles. The second kappa shape index (κ2) is 5.14. The molecule has 3 rings (SSSR count). The quantitative estimate of drug-likeness (QED) is 0.762. The molecule has 1 amide bonds. The number of piperidine rings is 1. The number of nitrogens with one attached hydrogen (secondary N) is 2. The molecule has 2 aliphatic rings. The lowest BCUT2D eigenvalue weighted by Gasteiger charge is -2.30. The fraction of sp³-hybridized carbons (Fsp3) is 0.533. The van der Waals surface area contributed by atoms with Crippen molar-refractivity contribution in [2.75, 3.05) is 13.1 Å². The first-order valence-corrected chi connectivity index (χ1v) is 7.08. The van der Waals surface area contributed by atoms with Gasteiger partial charge in [0.1, 0.15) is 5.82 Å². The molecule has 1 aromatic rings. The first kappa shape index (κ1) is 13.5. The van der Waals surface area contributed by atoms with Gasteiger partial charge in [0.2, 0.25) is 5.91 Å². The summed E-state index contributed by atoms with van der Waals surface area (Å²) >= 11 is 0. The molecule has 4 nitrogen and oxygen atoms in total. The van der Waals surface area contributed by atoms with Crippen LogP contribution in [0.1, 0.15) is 24.8 Å². The Bertz CT molecular complexity index is 499. The molecule has 1 saturated heterocycles. The summed E-state index contributed by atoms with van der Waals surface area (Å²) in [6.07, 6.45) is 1.75. The molecule has 1 aliphatic carbocycles. The van der Waals surface area contributed by atoms with Gasteiger partial charge < -0.3 is 15.7 Å². The van der Waals surface area contributed by atoms with Crippen molar-refractivity contribution in [1.82, 2.24) is 10.6 Å². The number of aliphatic hydroxyl groups is 1. The maximum atomic E-state index is 13.0. The summed E-state index contributed by atoms with van der Waals surface area (Å²) in [6, 6.07) is 5.95. The zero-order valence-electron chi connectivity index (χ0n) is 11.2. The zero-order valence-corrected chi connectivity index (χ0v) is 11.2. The molecular formula is C15H19FN2O2. The molecule has 108 valence electrons. The van der Waals surface area contributed by atoms with Gasteiger partial charge in [-0.15, -0.1) is 0 Å². The molecule has 0 radical (unpaired) electrons. The zero-order chi connectivity index (χ0) is 14.2. The van der Waals surface area contributed by atoms with Gasteiger partial charge in [-0.2, -0.15) is 0 Å². The van der Waals surface area contributed by atoms with E-state index in [1.807, 2.05) is 0 Å². The van der Waals surface area contributed by atoms with Crippen molar-refractivity contribution in [2.24, 2.45) is 0 Å². The van der Waals surface area contributed by atoms with Crippen LogP contribution in [0.4, 0.5) is 4.39 Å². The highest BCUT2D eigenvalue weighted by atomic mass is 19.1. The largest absolute Gasteiger partial charge is 0.390 e. The van der Waals surface area contributed by atoms with E-state index in [2.05, 4.69) is 10.6 Å². The molecular weight excluding hydrogens is 259 g/mol. The molecule has 3 N–H and O–H groups in total. The maximum absolute atomic E-state index is 13.0. The fourth-order valence-electron chi connectivity index (χ4n) is 2.86. The summed E-state index contributed by atoms with van der Waals surface area (Å²) in [5.74, 6) is -0.339. The second-order valence-corrected chi connectivity index (χ2v) is 5.73. The van der Waals surface area contributed by atoms with E-state index >= 15 is 0 Å². The van der Waals surface area contributed by atoms with Gasteiger partial charge in [-0.3, -0.25) is 4.79 Å². The van der Waals surface area contributed by atoms with Crippen molar-refractivity contribution in [2.45, 2.75) is 36.8 Å². The van der Waals surface area contributed by atoms with Crippen molar-refractivity contribution >= 4 is 5.91 Å². The van der Waals surface area contributed by atoms with Crippen LogP contribution in [0, 0.1) is 5.82 Å². The first-order chi connectivity index (χ1) is 9.62. The summed E-state index contributed by atoms with van der Waals surface area (Å²) < 4.78 is 13.0. The Morgan fingerprint density at radius 3 is 2.65 bits per heavy atom. The lowest BCUT2D eigenvalue weighted by molar-refractivity contribution is -0.125. The van der Waals surface area contributed by atoms with Crippen LogP contribution < -0.4 is 10.6 Å². The number of carbonyl (C=O) groups excluding carboxylic acids is 1. The fourth-order valence-corrected chi connectivity index (χ4v) is 2.86. The highest BCUT2D eigenvalue weighted by Crippen LogP contribution is 2.48. The first-order valence-electron chi connectivity index (χ1n) is 7.08. The van der Waals surface area contributed by atoms with E-state index < -0.39 is 11.5 Å². The minimum atomic E-state index is -0.545. The van der Waals surface area contributed by atoms with Crippen molar-refractivity contribution < 1.29 is 14.3 Å². The number of carbonyl (C=O) groups is 1. The normalized spacial score (nSPS) is 27.9. The number of amides is 1. The van der Waals surface area contributed by atoms with Crippen molar-refractivity contribution in [1.29, 1.82) is 0 Å². The third kappa shape index (κ3) is 2.43. The van der Waals surface area contributed by atoms with Gasteiger partial charge in [-0.05, 0) is 43.5 Å². The van der Waals surface area contributed by atoms with E-state index in [4.69, 9.17) is 0 Å². The standard InChI is InChI=1S/C15H19FN2O2/c16-11-3-1-10(2-4-11)15(6-7-15)14(20)18-12-5-8-17-9-13(12)19/h1-4,12-13,17,19H,5-9H2,(H,18,20)/t12-,13-/m1/s1. The second-order valence-electron chi connectivity index (χ2n) is 5.73. The molecule has 1 aromatic carbocycles. The van der Waals surface area contributed by atoms with Crippen LogP contribution in [0.2, 0.25) is 0 Å². The SMILES string of the molecule is O=C(N[C@@H]1CCNC[C@H]1O)C1(c2ccc(F)cc2)CC1. The van der Waals surface area contributed by atoms with Gasteiger partial charge >= 0.3 is 0 Å². The highest BCUT2D eigenvalue weighted by molar-refractivity contribution is 5.91. The van der Waals surface area contributed by atoms with Crippen LogP contribution in [0.15, 0.2) is 24.3 Å². The van der Waals surface area contributed by atoms with Gasteiger partial charge in [-0.1, -0.05) is 12.1 Å². The lowest BCUT2D eigenvalue weighted by atomic mass is 9.93. The predicted molar refractivity (Wildman–Crippen MR) is 72.7 cm³/mol. The summed E-state index contributed by atoms with van der Waals surface area (Å²) in [5.41, 5.74) is 0.345. The summed E-state index contributed by atoms with van der Waals surface area (Å²) in [4.78, 5) is 12.5. The van der Waals surface area contributed by atoms with Crippen LogP contribution >= 0.6 is 0 Å². The third-order valence-corrected chi connectivity index (χ3v) is 4.35. The molecule has 1 aliphatic heterocycles. The molecule has 5 heteroatoms. The van der Waals surface area contributed by atoms with E-state index in [9.17, 15) is 14.3 Å². The predicted octanol–water partition coefficient (Wildman–Crippen LogP) is 0.696. The average Bonchev–Trinajstić information content (AvgIpc) is 3.24. The average molecular weight is 278 g/mol. The number of β-amino-alcohol motifs (C(OH)–C–C–N with tert-alkyl or cyclic N) is 1. The molecule has 0 bridgehead atoms. The Kier molecular flexibility index (Phi) is 3.48. The van der Waals surface area contributed by atoms with Gasteiger partial charge in [0.15, 0.2) is 0 Å². The van der Waals surface area contributed by atoms with Gasteiger partial charge in [0.05, 0.1) is 17.6 Å². The van der Waals surface area contributed by atoms with Crippen molar-refractivity contribution in [3.8, 4) is 0 Å². The molecule has 2 atom stereocenters. The van der Waals surface area contributed by atoms with Crippen molar-refractivity contribution in [3.05, 3.63) is 35.6 Å². The number of hydrogen-bond acceptors (Lipinski definition) is 3. The Morgan fingerprint density at radius 1 is 1.35 bits per heavy atom. The Hall–Kier alpha value is -1.46. The van der Waals surface area contributed by atoms with Crippen LogP contribution in [0.3, 0.4) is 0 Å². The number of aliphatic hydroxyl groups excluding tert-OH is 1. The van der Waals surface area contributed by atoms with E-state index in [0.29, 0.717) is 6.54 Å². The molecule has 2 fully saturated rings. The summed E-state index contributed by atoms with van der Waals surface area (Å²) in [7, 11) is 0. The van der Waals surface area contributed by atoms with Gasteiger partial charge in [0, 0.05) is 6.54 Å². The Labute approximate surface area is 117 Å². The summed E-state index contributed by atoms with van der Waals surface area (Å²) in [5, 5.41) is 15.9. The van der Waals surface area contributed by atoms with Gasteiger partial charge in [0.25, 0.3) is 0 Å². The minimum absolute atomic E-state index is 0.0462. The smallest absolute Gasteiger partial charge is 0.230 e. The highest BCUT2D eigenvalue weighted by Gasteiger charge is 2.51. The number of rotatable bonds is 3. The number of benzene rings is 1. The van der Waals surface area contributed by atoms with E-state index in [0.717, 1.165) is 31.4 Å².